The molecule has 0 radical (unpaired) electrons. The highest BCUT2D eigenvalue weighted by atomic mass is 28.3. The molecule has 0 aromatic heterocycles. The van der Waals surface area contributed by atoms with E-state index >= 15 is 0 Å². The van der Waals surface area contributed by atoms with E-state index in [9.17, 15) is 18.0 Å². The minimum Gasteiger partial charge on any atom is -0.490 e. The van der Waals surface area contributed by atoms with Crippen LogP contribution in [0.1, 0.15) is 34.3 Å². The zero-order chi connectivity index (χ0) is 24.4. The van der Waals surface area contributed by atoms with Crippen LogP contribution in [0.15, 0.2) is 36.4 Å². The van der Waals surface area contributed by atoms with Gasteiger partial charge in [0.1, 0.15) is 19.9 Å². The summed E-state index contributed by atoms with van der Waals surface area (Å²) in [5.74, 6) is 2.15. The molecule has 8 heteroatoms. The summed E-state index contributed by atoms with van der Waals surface area (Å²) in [6.07, 6.45) is -3.57. The number of halogens is 3. The number of nitrogens with two attached hydrogens (primary N) is 1. The number of ether oxygens (including phenoxy) is 1. The number of carbonyl (C=O) groups excluding carboxylic acids is 1. The second kappa shape index (κ2) is 9.62. The molecule has 0 aliphatic carbocycles. The average Bonchev–Trinajstić information content (AvgIpc) is 2.72. The highest BCUT2D eigenvalue weighted by Gasteiger charge is 2.36. The number of benzene rings is 2. The van der Waals surface area contributed by atoms with Crippen molar-refractivity contribution in [2.45, 2.75) is 44.8 Å². The molecule has 2 N–H and O–H groups in total. The first-order valence-corrected chi connectivity index (χ1v) is 14.4. The predicted molar refractivity (Wildman–Crippen MR) is 127 cm³/mol. The van der Waals surface area contributed by atoms with Gasteiger partial charge in [0.05, 0.1) is 5.56 Å². The summed E-state index contributed by atoms with van der Waals surface area (Å²) >= 11 is 0. The van der Waals surface area contributed by atoms with Crippen molar-refractivity contribution in [3.05, 3.63) is 53.1 Å². The fourth-order valence-electron chi connectivity index (χ4n) is 3.72. The SMILES string of the molecule is CN1CCC(Oc2ccc(-c3c(C#C[Si](C)(C)C)cccc3C(N)=O)cc2C(F)(F)F)CC1. The largest absolute Gasteiger partial charge is 0.490 e. The molecule has 1 fully saturated rings. The Morgan fingerprint density at radius 1 is 1.15 bits per heavy atom. The molecule has 0 atom stereocenters. The number of rotatable bonds is 4. The minimum atomic E-state index is -4.62. The number of hydrogen-bond donors (Lipinski definition) is 1. The lowest BCUT2D eigenvalue weighted by molar-refractivity contribution is -0.139. The van der Waals surface area contributed by atoms with Gasteiger partial charge in [0, 0.05) is 29.8 Å². The van der Waals surface area contributed by atoms with E-state index in [1.807, 2.05) is 7.05 Å². The van der Waals surface area contributed by atoms with E-state index in [4.69, 9.17) is 10.5 Å². The normalized spacial score (nSPS) is 15.6. The van der Waals surface area contributed by atoms with Gasteiger partial charge >= 0.3 is 6.18 Å². The Kier molecular flexibility index (Phi) is 7.25. The summed E-state index contributed by atoms with van der Waals surface area (Å²) in [7, 11) is 0.208. The second-order valence-electron chi connectivity index (χ2n) is 9.42. The molecule has 0 spiro atoms. The van der Waals surface area contributed by atoms with Gasteiger partial charge in [-0.1, -0.05) is 37.7 Å². The van der Waals surface area contributed by atoms with E-state index < -0.39 is 25.7 Å². The van der Waals surface area contributed by atoms with Crippen molar-refractivity contribution in [3.8, 4) is 28.3 Å². The first-order chi connectivity index (χ1) is 15.3. The van der Waals surface area contributed by atoms with Crippen LogP contribution in [0.4, 0.5) is 13.2 Å². The molecule has 0 saturated carbocycles. The Balaban J connectivity index is 2.11. The van der Waals surface area contributed by atoms with Gasteiger partial charge < -0.3 is 15.4 Å². The van der Waals surface area contributed by atoms with Crippen LogP contribution >= 0.6 is 0 Å². The lowest BCUT2D eigenvalue weighted by Crippen LogP contribution is -2.36. The quantitative estimate of drug-likeness (QED) is 0.491. The first kappa shape index (κ1) is 24.9. The first-order valence-electron chi connectivity index (χ1n) is 10.9. The summed E-state index contributed by atoms with van der Waals surface area (Å²) in [5, 5.41) is 0. The lowest BCUT2D eigenvalue weighted by Gasteiger charge is -2.30. The minimum absolute atomic E-state index is 0.134. The van der Waals surface area contributed by atoms with E-state index in [2.05, 4.69) is 36.0 Å². The smallest absolute Gasteiger partial charge is 0.419 e. The fourth-order valence-corrected chi connectivity index (χ4v) is 4.23. The fraction of sp³-hybridized carbons (Fsp3) is 0.400. The van der Waals surface area contributed by atoms with Crippen molar-refractivity contribution in [1.29, 1.82) is 0 Å². The third-order valence-corrected chi connectivity index (χ3v) is 6.31. The van der Waals surface area contributed by atoms with Crippen LogP contribution in [0.5, 0.6) is 5.75 Å². The van der Waals surface area contributed by atoms with Gasteiger partial charge in [0.15, 0.2) is 0 Å². The summed E-state index contributed by atoms with van der Waals surface area (Å²) < 4.78 is 47.9. The van der Waals surface area contributed by atoms with Crippen molar-refractivity contribution in [2.24, 2.45) is 5.73 Å². The third kappa shape index (κ3) is 6.40. The molecule has 1 aliphatic heterocycles. The van der Waals surface area contributed by atoms with E-state index in [1.54, 1.807) is 18.2 Å². The van der Waals surface area contributed by atoms with Gasteiger partial charge in [0.2, 0.25) is 5.91 Å². The van der Waals surface area contributed by atoms with Gasteiger partial charge in [-0.25, -0.2) is 0 Å². The standard InChI is InChI=1S/C25H29F3N2O2Si/c1-30-13-10-19(11-14-30)32-22-9-8-18(16-21(22)25(26,27)28)23-17(12-15-33(2,3)4)6-5-7-20(23)24(29)31/h5-9,16,19H,10-11,13-14H2,1-4H3,(H2,29,31). The van der Waals surface area contributed by atoms with E-state index in [0.29, 0.717) is 24.0 Å². The Morgan fingerprint density at radius 3 is 2.39 bits per heavy atom. The van der Waals surface area contributed by atoms with Crippen molar-refractivity contribution >= 4 is 14.0 Å². The molecule has 1 aliphatic rings. The number of amides is 1. The van der Waals surface area contributed by atoms with Crippen LogP contribution in [-0.4, -0.2) is 45.1 Å². The molecule has 176 valence electrons. The van der Waals surface area contributed by atoms with Crippen LogP contribution in [0.2, 0.25) is 19.6 Å². The van der Waals surface area contributed by atoms with Crippen LogP contribution in [0.25, 0.3) is 11.1 Å². The van der Waals surface area contributed by atoms with Crippen molar-refractivity contribution in [3.63, 3.8) is 0 Å². The molecule has 0 bridgehead atoms. The Bertz CT molecular complexity index is 1090. The van der Waals surface area contributed by atoms with Crippen molar-refractivity contribution < 1.29 is 22.7 Å². The van der Waals surface area contributed by atoms with Crippen molar-refractivity contribution in [1.82, 2.24) is 4.90 Å². The number of alkyl halides is 3. The van der Waals surface area contributed by atoms with Gasteiger partial charge in [0.25, 0.3) is 0 Å². The molecule has 1 amide bonds. The van der Waals surface area contributed by atoms with Gasteiger partial charge in [-0.2, -0.15) is 13.2 Å². The second-order valence-corrected chi connectivity index (χ2v) is 14.2. The highest BCUT2D eigenvalue weighted by Crippen LogP contribution is 2.41. The zero-order valence-electron chi connectivity index (χ0n) is 19.3. The Labute approximate surface area is 193 Å². The van der Waals surface area contributed by atoms with Crippen LogP contribution in [0, 0.1) is 11.5 Å². The molecular formula is C25H29F3N2O2Si. The number of carbonyl (C=O) groups is 1. The molecular weight excluding hydrogens is 445 g/mol. The molecule has 2 aromatic carbocycles. The molecule has 1 saturated heterocycles. The number of piperidine rings is 1. The summed E-state index contributed by atoms with van der Waals surface area (Å²) in [6, 6.07) is 8.76. The van der Waals surface area contributed by atoms with E-state index in [0.717, 1.165) is 19.2 Å². The maximum atomic E-state index is 14.0. The van der Waals surface area contributed by atoms with Gasteiger partial charge in [-0.15, -0.1) is 5.54 Å². The average molecular weight is 475 g/mol. The molecule has 4 nitrogen and oxygen atoms in total. The molecule has 33 heavy (non-hydrogen) atoms. The lowest BCUT2D eigenvalue weighted by atomic mass is 9.92. The third-order valence-electron chi connectivity index (χ3n) is 5.43. The summed E-state index contributed by atoms with van der Waals surface area (Å²) in [5.41, 5.74) is 9.06. The number of likely N-dealkylation sites (tertiary alicyclic amines) is 1. The molecule has 0 unspecified atom stereocenters. The molecule has 3 rings (SSSR count). The monoisotopic (exact) mass is 474 g/mol. The van der Waals surface area contributed by atoms with E-state index in [-0.39, 0.29) is 23.0 Å². The van der Waals surface area contributed by atoms with Gasteiger partial charge in [-0.05, 0) is 49.7 Å². The van der Waals surface area contributed by atoms with Crippen molar-refractivity contribution in [2.75, 3.05) is 20.1 Å². The molecule has 2 aromatic rings. The van der Waals surface area contributed by atoms with Crippen LogP contribution in [-0.2, 0) is 6.18 Å². The summed E-state index contributed by atoms with van der Waals surface area (Å²) in [6.45, 7) is 7.74. The molecule has 1 heterocycles. The Morgan fingerprint density at radius 2 is 1.82 bits per heavy atom. The summed E-state index contributed by atoms with van der Waals surface area (Å²) in [4.78, 5) is 14.2. The Hall–Kier alpha value is -2.76. The number of nitrogens with zero attached hydrogens (tertiary/aromatic N) is 1. The zero-order valence-corrected chi connectivity index (χ0v) is 20.3. The predicted octanol–water partition coefficient (Wildman–Crippen LogP) is 5.17. The van der Waals surface area contributed by atoms with E-state index in [1.165, 1.54) is 12.1 Å². The van der Waals surface area contributed by atoms with Gasteiger partial charge in [-0.3, -0.25) is 4.79 Å². The maximum Gasteiger partial charge on any atom is 0.419 e. The maximum absolute atomic E-state index is 14.0. The number of primary amides is 1. The number of hydrogen-bond acceptors (Lipinski definition) is 3. The van der Waals surface area contributed by atoms with Crippen LogP contribution in [0.3, 0.4) is 0 Å². The highest BCUT2D eigenvalue weighted by molar-refractivity contribution is 6.83. The van der Waals surface area contributed by atoms with Crippen LogP contribution < -0.4 is 10.5 Å². The topological polar surface area (TPSA) is 55.6 Å².